The molecule has 0 saturated heterocycles. The van der Waals surface area contributed by atoms with Crippen molar-refractivity contribution in [2.45, 2.75) is 24.8 Å². The van der Waals surface area contributed by atoms with Crippen LogP contribution in [0.15, 0.2) is 65.8 Å². The number of methoxy groups -OCH3 is 1. The summed E-state index contributed by atoms with van der Waals surface area (Å²) in [6.07, 6.45) is 8.06. The smallest absolute Gasteiger partial charge is 0.358 e. The second-order valence-corrected chi connectivity index (χ2v) is 14.5. The minimum atomic E-state index is -4.69. The molecule has 40 heavy (non-hydrogen) atoms. The molecule has 0 aromatic heterocycles. The molecule has 0 bridgehead atoms. The van der Waals surface area contributed by atoms with Gasteiger partial charge >= 0.3 is 15.8 Å². The standard InChI is InChI=1S/C24H35N4O8P3S/c1-27(37(30)35-22-14-8-20(9-15-22)24(29)39(31,32)33)25-16-19-6-12-23(13-7-19)36-38(40)28(2)26-17-18-4-10-21(34-3)11-5-18/h4,6-10,12-16,18,21,24,26,29,37-38H,5,11,17H2,1-3H3,(H2,31,32,33)/b25-16+. The van der Waals surface area contributed by atoms with Crippen molar-refractivity contribution in [2.24, 2.45) is 11.0 Å². The van der Waals surface area contributed by atoms with Crippen LogP contribution in [-0.4, -0.2) is 64.5 Å². The first-order chi connectivity index (χ1) is 19.0. The Hall–Kier alpha value is -1.88. The highest BCUT2D eigenvalue weighted by Crippen LogP contribution is 2.50. The van der Waals surface area contributed by atoms with E-state index in [2.05, 4.69) is 22.7 Å². The third kappa shape index (κ3) is 10.2. The third-order valence-electron chi connectivity index (χ3n) is 6.02. The average Bonchev–Trinajstić information content (AvgIpc) is 2.95. The molecule has 0 saturated carbocycles. The topological polar surface area (TPSA) is 153 Å². The van der Waals surface area contributed by atoms with Crippen molar-refractivity contribution in [3.05, 3.63) is 71.8 Å². The van der Waals surface area contributed by atoms with Crippen LogP contribution < -0.4 is 14.5 Å². The fourth-order valence-electron chi connectivity index (χ4n) is 3.60. The van der Waals surface area contributed by atoms with Gasteiger partial charge in [0.05, 0.1) is 12.3 Å². The van der Waals surface area contributed by atoms with Crippen LogP contribution in [0.3, 0.4) is 0 Å². The molecule has 16 heteroatoms. The minimum absolute atomic E-state index is 0.0178. The van der Waals surface area contributed by atoms with Gasteiger partial charge < -0.3 is 28.7 Å². The van der Waals surface area contributed by atoms with Crippen molar-refractivity contribution in [1.82, 2.24) is 15.0 Å². The number of benzene rings is 2. The summed E-state index contributed by atoms with van der Waals surface area (Å²) in [5.41, 5.74) is 4.10. The molecule has 0 radical (unpaired) electrons. The molecule has 5 unspecified atom stereocenters. The van der Waals surface area contributed by atoms with Crippen LogP contribution in [-0.2, 0) is 25.7 Å². The molecular formula is C24H35N4O8P3S. The van der Waals surface area contributed by atoms with Gasteiger partial charge in [-0.05, 0) is 78.1 Å². The van der Waals surface area contributed by atoms with Gasteiger partial charge in [0, 0.05) is 27.7 Å². The summed E-state index contributed by atoms with van der Waals surface area (Å²) in [4.78, 5) is 18.1. The summed E-state index contributed by atoms with van der Waals surface area (Å²) >= 11 is 5.56. The molecule has 12 nitrogen and oxygen atoms in total. The zero-order chi connectivity index (χ0) is 29.3. The number of aliphatic hydroxyl groups is 1. The molecule has 0 aliphatic heterocycles. The maximum Gasteiger partial charge on any atom is 0.358 e. The molecular weight excluding hydrogens is 597 g/mol. The first-order valence-electron chi connectivity index (χ1n) is 12.3. The fraction of sp³-hybridized carbons (Fsp3) is 0.375. The van der Waals surface area contributed by atoms with E-state index in [-0.39, 0.29) is 17.4 Å². The predicted molar refractivity (Wildman–Crippen MR) is 160 cm³/mol. The van der Waals surface area contributed by atoms with Gasteiger partial charge in [0.15, 0.2) is 12.9 Å². The van der Waals surface area contributed by atoms with E-state index in [0.717, 1.165) is 24.9 Å². The number of nitrogens with zero attached hydrogens (tertiary/aromatic N) is 3. The summed E-state index contributed by atoms with van der Waals surface area (Å²) in [5, 5.41) is 13.8. The van der Waals surface area contributed by atoms with Crippen LogP contribution in [0.5, 0.6) is 11.5 Å². The average molecular weight is 633 g/mol. The molecule has 1 aliphatic rings. The number of nitrogens with one attached hydrogen (secondary N) is 1. The number of hydrogen-bond acceptors (Lipinski definition) is 9. The summed E-state index contributed by atoms with van der Waals surface area (Å²) in [7, 11) is -4.10. The summed E-state index contributed by atoms with van der Waals surface area (Å²) in [5.74, 6) is -0.683. The van der Waals surface area contributed by atoms with Crippen molar-refractivity contribution in [3.8, 4) is 11.5 Å². The van der Waals surface area contributed by atoms with Crippen LogP contribution in [0, 0.1) is 5.92 Å². The Kier molecular flexibility index (Phi) is 12.5. The van der Waals surface area contributed by atoms with Gasteiger partial charge in [-0.2, -0.15) is 9.88 Å². The quantitative estimate of drug-likeness (QED) is 0.103. The molecule has 0 amide bonds. The Morgan fingerprint density at radius 2 is 1.73 bits per heavy atom. The van der Waals surface area contributed by atoms with E-state index in [1.807, 2.05) is 11.8 Å². The second kappa shape index (κ2) is 15.4. The molecule has 2 aromatic carbocycles. The molecule has 220 valence electrons. The van der Waals surface area contributed by atoms with E-state index in [1.54, 1.807) is 31.4 Å². The number of rotatable bonds is 14. The molecule has 1 aliphatic carbocycles. The lowest BCUT2D eigenvalue weighted by Crippen LogP contribution is -2.34. The fourth-order valence-corrected chi connectivity index (χ4v) is 5.96. The van der Waals surface area contributed by atoms with Gasteiger partial charge in [0.25, 0.3) is 0 Å². The molecule has 3 rings (SSSR count). The molecule has 0 heterocycles. The highest BCUT2D eigenvalue weighted by atomic mass is 32.4. The molecule has 4 N–H and O–H groups in total. The molecule has 5 atom stereocenters. The Morgan fingerprint density at radius 1 is 1.10 bits per heavy atom. The Labute approximate surface area is 240 Å². The highest BCUT2D eigenvalue weighted by Gasteiger charge is 2.27. The van der Waals surface area contributed by atoms with Gasteiger partial charge in [0.1, 0.15) is 11.5 Å². The van der Waals surface area contributed by atoms with Crippen LogP contribution in [0.2, 0.25) is 0 Å². The molecule has 2 aromatic rings. The zero-order valence-corrected chi connectivity index (χ0v) is 26.0. The Morgan fingerprint density at radius 3 is 2.30 bits per heavy atom. The maximum absolute atomic E-state index is 12.5. The molecule has 0 spiro atoms. The highest BCUT2D eigenvalue weighted by molar-refractivity contribution is 8.01. The van der Waals surface area contributed by atoms with E-state index < -0.39 is 28.7 Å². The minimum Gasteiger partial charge on any atom is -0.454 e. The van der Waals surface area contributed by atoms with Crippen molar-refractivity contribution in [3.63, 3.8) is 0 Å². The summed E-state index contributed by atoms with van der Waals surface area (Å²) in [6.45, 7) is 0.776. The number of hydrazine groups is 1. The van der Waals surface area contributed by atoms with E-state index in [0.29, 0.717) is 11.7 Å². The number of aliphatic hydroxyl groups excluding tert-OH is 1. The van der Waals surface area contributed by atoms with Crippen molar-refractivity contribution < 1.29 is 37.8 Å². The van der Waals surface area contributed by atoms with Gasteiger partial charge in [0.2, 0.25) is 0 Å². The van der Waals surface area contributed by atoms with Crippen LogP contribution in [0.4, 0.5) is 0 Å². The first kappa shape index (κ1) is 32.6. The largest absolute Gasteiger partial charge is 0.454 e. The SMILES string of the molecule is COC1C=CC(CNN(C)[PH](=S)Oc2ccc(/C=N/N(C)[PH](=O)Oc3ccc(C(O)P(=O)(O)O)cc3)cc2)CC1. The van der Waals surface area contributed by atoms with E-state index in [9.17, 15) is 14.2 Å². The van der Waals surface area contributed by atoms with Crippen LogP contribution in [0.25, 0.3) is 0 Å². The predicted octanol–water partition coefficient (Wildman–Crippen LogP) is 3.89. The second-order valence-electron chi connectivity index (χ2n) is 9.02. The van der Waals surface area contributed by atoms with Crippen molar-refractivity contribution >= 4 is 40.9 Å². The normalized spacial score (nSPS) is 19.9. The van der Waals surface area contributed by atoms with Crippen molar-refractivity contribution in [1.29, 1.82) is 0 Å². The number of hydrazone groups is 1. The zero-order valence-electron chi connectivity index (χ0n) is 22.3. The first-order valence-corrected chi connectivity index (χ1v) is 17.7. The van der Waals surface area contributed by atoms with Crippen LogP contribution in [0.1, 0.15) is 29.8 Å². The number of ether oxygens (including phenoxy) is 1. The van der Waals surface area contributed by atoms with Gasteiger partial charge in [-0.25, -0.2) is 10.2 Å². The van der Waals surface area contributed by atoms with Gasteiger partial charge in [-0.3, -0.25) is 9.13 Å². The van der Waals surface area contributed by atoms with E-state index in [4.69, 9.17) is 35.4 Å². The summed E-state index contributed by atoms with van der Waals surface area (Å²) in [6, 6.07) is 12.5. The van der Waals surface area contributed by atoms with Gasteiger partial charge in [-0.15, -0.1) is 0 Å². The Bertz CT molecular complexity index is 1260. The maximum atomic E-state index is 12.5. The molecule has 0 fully saturated rings. The lowest BCUT2D eigenvalue weighted by Gasteiger charge is -2.26. The summed E-state index contributed by atoms with van der Waals surface area (Å²) < 4.78 is 43.4. The monoisotopic (exact) mass is 632 g/mol. The lowest BCUT2D eigenvalue weighted by atomic mass is 9.94. The van der Waals surface area contributed by atoms with Crippen molar-refractivity contribution in [2.75, 3.05) is 27.7 Å². The third-order valence-corrected chi connectivity index (χ3v) is 10.2. The van der Waals surface area contributed by atoms with Crippen LogP contribution >= 0.6 is 22.8 Å². The van der Waals surface area contributed by atoms with E-state index in [1.165, 1.54) is 42.3 Å². The Balaban J connectivity index is 1.45. The lowest BCUT2D eigenvalue weighted by molar-refractivity contribution is 0.121. The van der Waals surface area contributed by atoms with Gasteiger partial charge in [-0.1, -0.05) is 24.3 Å². The van der Waals surface area contributed by atoms with E-state index >= 15 is 0 Å². The number of hydrogen-bond donors (Lipinski definition) is 4.